The van der Waals surface area contributed by atoms with E-state index in [0.29, 0.717) is 17.4 Å². The first kappa shape index (κ1) is 30.6. The highest BCUT2D eigenvalue weighted by Crippen LogP contribution is 2.42. The van der Waals surface area contributed by atoms with Gasteiger partial charge in [0.05, 0.1) is 16.6 Å². The lowest BCUT2D eigenvalue weighted by Gasteiger charge is -2.20. The maximum Gasteiger partial charge on any atom is 0.417 e. The summed E-state index contributed by atoms with van der Waals surface area (Å²) in [5.41, 5.74) is 0.567. The van der Waals surface area contributed by atoms with Crippen molar-refractivity contribution in [1.29, 1.82) is 0 Å². The first-order valence-corrected chi connectivity index (χ1v) is 12.4. The lowest BCUT2D eigenvalue weighted by Crippen LogP contribution is -2.25. The number of pyridine rings is 1. The summed E-state index contributed by atoms with van der Waals surface area (Å²) in [5, 5.41) is 8.43. The van der Waals surface area contributed by atoms with Crippen molar-refractivity contribution in [3.63, 3.8) is 0 Å². The van der Waals surface area contributed by atoms with E-state index in [4.69, 9.17) is 9.90 Å². The molecule has 204 valence electrons. The third kappa shape index (κ3) is 6.61. The second kappa shape index (κ2) is 13.2. The van der Waals surface area contributed by atoms with E-state index < -0.39 is 17.3 Å². The fraction of sp³-hybridized carbons (Fsp3) is 0.333. The van der Waals surface area contributed by atoms with Gasteiger partial charge in [0.1, 0.15) is 0 Å². The Hall–Kier alpha value is -3.65. The molecular formula is C30H35F3N2O3. The molecule has 0 spiro atoms. The number of aryl methyl sites for hydroxylation is 3. The van der Waals surface area contributed by atoms with Crippen molar-refractivity contribution >= 4 is 28.1 Å². The molecule has 1 heterocycles. The maximum atomic E-state index is 14.6. The van der Waals surface area contributed by atoms with Crippen LogP contribution in [0.5, 0.6) is 0 Å². The van der Waals surface area contributed by atoms with Crippen molar-refractivity contribution < 1.29 is 23.1 Å². The van der Waals surface area contributed by atoms with Gasteiger partial charge in [0.2, 0.25) is 0 Å². The Morgan fingerprint density at radius 1 is 0.974 bits per heavy atom. The van der Waals surface area contributed by atoms with Gasteiger partial charge in [-0.1, -0.05) is 56.3 Å². The number of nitrogens with zero attached hydrogens (tertiary/aromatic N) is 2. The highest BCUT2D eigenvalue weighted by molar-refractivity contribution is 6.01. The summed E-state index contributed by atoms with van der Waals surface area (Å²) in [5.74, 6) is 0. The second-order valence-electron chi connectivity index (χ2n) is 8.95. The molecule has 5 nitrogen and oxygen atoms in total. The summed E-state index contributed by atoms with van der Waals surface area (Å²) >= 11 is 0. The minimum atomic E-state index is -4.69. The summed E-state index contributed by atoms with van der Waals surface area (Å²) < 4.78 is 45.1. The molecule has 0 radical (unpaired) electrons. The molecular weight excluding hydrogens is 493 g/mol. The molecule has 0 atom stereocenters. The van der Waals surface area contributed by atoms with Gasteiger partial charge in [0.25, 0.3) is 12.0 Å². The van der Waals surface area contributed by atoms with Gasteiger partial charge in [-0.15, -0.1) is 0 Å². The number of alkyl halides is 3. The standard InChI is InChI=1S/C27H27F3N2O.C2H6.CH2O2/c1-17-8-5-11-20-19(17)10-6-12-21(20)24-25(27(28,29)30)22-16-18(9-7-15-31(2)3)13-14-23(22)32(4)26(24)33;1-2;2-1-3/h5-6,8,10-14,16H,7,9,15H2,1-4H3;1-2H3;1H,(H,2,3). The van der Waals surface area contributed by atoms with E-state index in [1.807, 2.05) is 64.0 Å². The number of hydrogen-bond donors (Lipinski definition) is 1. The fourth-order valence-corrected chi connectivity index (χ4v) is 4.58. The Balaban J connectivity index is 0.000000947. The largest absolute Gasteiger partial charge is 0.483 e. The Bertz CT molecular complexity index is 1460. The number of carboxylic acid groups (broad SMARTS) is 1. The summed E-state index contributed by atoms with van der Waals surface area (Å²) in [7, 11) is 5.47. The lowest BCUT2D eigenvalue weighted by molar-refractivity contribution is -0.135. The van der Waals surface area contributed by atoms with Crippen LogP contribution in [-0.2, 0) is 24.4 Å². The first-order chi connectivity index (χ1) is 18.0. The molecule has 1 aromatic heterocycles. The molecule has 0 unspecified atom stereocenters. The molecule has 0 aliphatic heterocycles. The fourth-order valence-electron chi connectivity index (χ4n) is 4.58. The van der Waals surface area contributed by atoms with E-state index in [-0.39, 0.29) is 22.9 Å². The van der Waals surface area contributed by atoms with Crippen LogP contribution >= 0.6 is 0 Å². The Morgan fingerprint density at radius 3 is 2.18 bits per heavy atom. The molecule has 38 heavy (non-hydrogen) atoms. The monoisotopic (exact) mass is 528 g/mol. The molecule has 4 aromatic rings. The maximum absolute atomic E-state index is 14.6. The van der Waals surface area contributed by atoms with Crippen LogP contribution in [0, 0.1) is 6.92 Å². The number of benzene rings is 3. The van der Waals surface area contributed by atoms with E-state index in [0.717, 1.165) is 29.5 Å². The zero-order valence-corrected chi connectivity index (χ0v) is 22.7. The normalized spacial score (nSPS) is 11.1. The van der Waals surface area contributed by atoms with Gasteiger partial charge in [-0.2, -0.15) is 13.2 Å². The first-order valence-electron chi connectivity index (χ1n) is 12.4. The van der Waals surface area contributed by atoms with Gasteiger partial charge in [-0.3, -0.25) is 9.59 Å². The van der Waals surface area contributed by atoms with Crippen LogP contribution < -0.4 is 5.56 Å². The molecule has 8 heteroatoms. The van der Waals surface area contributed by atoms with E-state index in [9.17, 15) is 18.0 Å². The predicted octanol–water partition coefficient (Wildman–Crippen LogP) is 6.91. The summed E-state index contributed by atoms with van der Waals surface area (Å²) in [4.78, 5) is 23.8. The molecule has 0 amide bonds. The molecule has 0 aliphatic carbocycles. The zero-order valence-electron chi connectivity index (χ0n) is 22.7. The second-order valence-corrected chi connectivity index (χ2v) is 8.95. The number of aromatic nitrogens is 1. The van der Waals surface area contributed by atoms with Crippen LogP contribution in [0.1, 0.15) is 37.0 Å². The van der Waals surface area contributed by atoms with Gasteiger partial charge in [0.15, 0.2) is 0 Å². The molecule has 4 rings (SSSR count). The van der Waals surface area contributed by atoms with Gasteiger partial charge in [0, 0.05) is 12.4 Å². The molecule has 0 saturated carbocycles. The third-order valence-corrected chi connectivity index (χ3v) is 6.22. The number of hydrogen-bond acceptors (Lipinski definition) is 3. The summed E-state index contributed by atoms with van der Waals surface area (Å²) in [6.07, 6.45) is -3.19. The number of carbonyl (C=O) groups is 1. The minimum absolute atomic E-state index is 0.0617. The predicted molar refractivity (Wildman–Crippen MR) is 149 cm³/mol. The highest BCUT2D eigenvalue weighted by atomic mass is 19.4. The number of fused-ring (bicyclic) bond motifs is 2. The Labute approximate surface area is 221 Å². The molecule has 0 bridgehead atoms. The van der Waals surface area contributed by atoms with E-state index in [2.05, 4.69) is 0 Å². The van der Waals surface area contributed by atoms with Gasteiger partial charge >= 0.3 is 6.18 Å². The van der Waals surface area contributed by atoms with E-state index in [1.165, 1.54) is 11.6 Å². The van der Waals surface area contributed by atoms with Crippen molar-refractivity contribution in [2.75, 3.05) is 20.6 Å². The number of halogens is 3. The van der Waals surface area contributed by atoms with Crippen molar-refractivity contribution in [2.45, 2.75) is 39.8 Å². The van der Waals surface area contributed by atoms with Crippen molar-refractivity contribution in [2.24, 2.45) is 7.05 Å². The topological polar surface area (TPSA) is 62.5 Å². The molecule has 1 N–H and O–H groups in total. The van der Waals surface area contributed by atoms with E-state index in [1.54, 1.807) is 30.3 Å². The molecule has 0 saturated heterocycles. The summed E-state index contributed by atoms with van der Waals surface area (Å²) in [6.45, 7) is 6.51. The average Bonchev–Trinajstić information content (AvgIpc) is 2.87. The molecule has 0 fully saturated rings. The highest BCUT2D eigenvalue weighted by Gasteiger charge is 2.38. The van der Waals surface area contributed by atoms with Crippen LogP contribution in [0.2, 0.25) is 0 Å². The number of rotatable bonds is 5. The smallest absolute Gasteiger partial charge is 0.417 e. The Kier molecular flexibility index (Phi) is 10.6. The minimum Gasteiger partial charge on any atom is -0.483 e. The van der Waals surface area contributed by atoms with Crippen molar-refractivity contribution in [1.82, 2.24) is 9.47 Å². The molecule has 3 aromatic carbocycles. The van der Waals surface area contributed by atoms with Crippen molar-refractivity contribution in [3.05, 3.63) is 81.6 Å². The van der Waals surface area contributed by atoms with Crippen molar-refractivity contribution in [3.8, 4) is 11.1 Å². The van der Waals surface area contributed by atoms with Gasteiger partial charge in [-0.25, -0.2) is 0 Å². The lowest BCUT2D eigenvalue weighted by atomic mass is 9.91. The molecule has 0 aliphatic rings. The SMILES string of the molecule is CC.Cc1cccc2c(-c3c(C(F)(F)F)c4cc(CCCN(C)C)ccc4n(C)c3=O)cccc12.O=CO. The zero-order chi connectivity index (χ0) is 28.6. The van der Waals surface area contributed by atoms with Crippen LogP contribution in [0.4, 0.5) is 13.2 Å². The summed E-state index contributed by atoms with van der Waals surface area (Å²) in [6, 6.07) is 15.7. The quantitative estimate of drug-likeness (QED) is 0.286. The van der Waals surface area contributed by atoms with E-state index >= 15 is 0 Å². The third-order valence-electron chi connectivity index (χ3n) is 6.22. The van der Waals surface area contributed by atoms with Crippen LogP contribution in [0.15, 0.2) is 59.4 Å². The van der Waals surface area contributed by atoms with Crippen LogP contribution in [-0.4, -0.2) is 41.7 Å². The van der Waals surface area contributed by atoms with Crippen LogP contribution in [0.3, 0.4) is 0 Å². The average molecular weight is 529 g/mol. The van der Waals surface area contributed by atoms with Crippen LogP contribution in [0.25, 0.3) is 32.8 Å². The Morgan fingerprint density at radius 2 is 1.58 bits per heavy atom. The van der Waals surface area contributed by atoms with Gasteiger partial charge in [-0.05, 0) is 80.0 Å². The van der Waals surface area contributed by atoms with Gasteiger partial charge < -0.3 is 14.6 Å².